The fraction of sp³-hybridized carbons (Fsp3) is 0.364. The molecule has 80 valence electrons. The molecule has 2 N–H and O–H groups in total. The fourth-order valence-electron chi connectivity index (χ4n) is 1.88. The Morgan fingerprint density at radius 2 is 2.07 bits per heavy atom. The third kappa shape index (κ3) is 2.23. The van der Waals surface area contributed by atoms with Gasteiger partial charge in [0, 0.05) is 23.8 Å². The van der Waals surface area contributed by atoms with Gasteiger partial charge in [-0.15, -0.1) is 0 Å². The highest BCUT2D eigenvalue weighted by Crippen LogP contribution is 2.24. The molecule has 1 saturated heterocycles. The van der Waals surface area contributed by atoms with Crippen LogP contribution in [0.3, 0.4) is 0 Å². The van der Waals surface area contributed by atoms with Crippen LogP contribution in [0.25, 0.3) is 0 Å². The predicted molar refractivity (Wildman–Crippen MR) is 61.0 cm³/mol. The number of nitrogens with zero attached hydrogens (tertiary/aromatic N) is 1. The number of amides is 1. The van der Waals surface area contributed by atoms with Crippen LogP contribution in [0.2, 0.25) is 5.02 Å². The Morgan fingerprint density at radius 1 is 1.40 bits per heavy atom. The number of primary amides is 1. The monoisotopic (exact) mass is 224 g/mol. The first kappa shape index (κ1) is 10.3. The summed E-state index contributed by atoms with van der Waals surface area (Å²) in [6.07, 6.45) is 0.845. The van der Waals surface area contributed by atoms with Crippen LogP contribution < -0.4 is 10.6 Å². The summed E-state index contributed by atoms with van der Waals surface area (Å²) in [6, 6.07) is 7.64. The zero-order valence-electron chi connectivity index (χ0n) is 8.32. The van der Waals surface area contributed by atoms with Crippen molar-refractivity contribution in [2.75, 3.05) is 18.0 Å². The van der Waals surface area contributed by atoms with Crippen molar-refractivity contribution in [1.82, 2.24) is 0 Å². The van der Waals surface area contributed by atoms with E-state index in [1.165, 1.54) is 0 Å². The van der Waals surface area contributed by atoms with Crippen LogP contribution in [0.15, 0.2) is 24.3 Å². The van der Waals surface area contributed by atoms with Crippen molar-refractivity contribution in [3.05, 3.63) is 29.3 Å². The molecule has 15 heavy (non-hydrogen) atoms. The van der Waals surface area contributed by atoms with Crippen LogP contribution in [0.5, 0.6) is 0 Å². The van der Waals surface area contributed by atoms with Crippen LogP contribution in [0.4, 0.5) is 5.69 Å². The standard InChI is InChI=1S/C11H13ClN2O/c12-9-1-3-10(4-2-9)14-6-5-8(7-14)11(13)15/h1-4,8H,5-7H2,(H2,13,15)/t8-/m1/s1. The van der Waals surface area contributed by atoms with Crippen molar-refractivity contribution in [2.24, 2.45) is 11.7 Å². The Bertz CT molecular complexity index is 363. The minimum atomic E-state index is -0.202. The van der Waals surface area contributed by atoms with Crippen molar-refractivity contribution in [3.63, 3.8) is 0 Å². The Labute approximate surface area is 93.8 Å². The number of anilines is 1. The average molecular weight is 225 g/mol. The van der Waals surface area contributed by atoms with Gasteiger partial charge in [-0.25, -0.2) is 0 Å². The molecule has 1 aliphatic heterocycles. The van der Waals surface area contributed by atoms with E-state index >= 15 is 0 Å². The number of halogens is 1. The smallest absolute Gasteiger partial charge is 0.222 e. The molecular weight excluding hydrogens is 212 g/mol. The second-order valence-corrected chi connectivity index (χ2v) is 4.25. The predicted octanol–water partition coefficient (Wildman–Crippen LogP) is 1.65. The lowest BCUT2D eigenvalue weighted by molar-refractivity contribution is -0.121. The van der Waals surface area contributed by atoms with E-state index in [9.17, 15) is 4.79 Å². The quantitative estimate of drug-likeness (QED) is 0.831. The molecule has 0 spiro atoms. The summed E-state index contributed by atoms with van der Waals surface area (Å²) in [6.45, 7) is 1.60. The van der Waals surface area contributed by atoms with E-state index in [1.54, 1.807) is 0 Å². The van der Waals surface area contributed by atoms with Crippen molar-refractivity contribution in [2.45, 2.75) is 6.42 Å². The number of rotatable bonds is 2. The molecule has 0 aromatic heterocycles. The molecule has 0 saturated carbocycles. The van der Waals surface area contributed by atoms with E-state index in [-0.39, 0.29) is 11.8 Å². The van der Waals surface area contributed by atoms with Gasteiger partial charge in [0.05, 0.1) is 5.92 Å². The van der Waals surface area contributed by atoms with Gasteiger partial charge in [0.2, 0.25) is 5.91 Å². The molecule has 1 heterocycles. The average Bonchev–Trinajstić information content (AvgIpc) is 2.68. The number of benzene rings is 1. The summed E-state index contributed by atoms with van der Waals surface area (Å²) in [5, 5.41) is 0.726. The van der Waals surface area contributed by atoms with Gasteiger partial charge in [-0.3, -0.25) is 4.79 Å². The van der Waals surface area contributed by atoms with E-state index in [0.717, 1.165) is 30.2 Å². The number of carbonyl (C=O) groups is 1. The summed E-state index contributed by atoms with van der Waals surface area (Å²) in [5.74, 6) is -0.216. The molecule has 0 bridgehead atoms. The Balaban J connectivity index is 2.07. The molecule has 4 heteroatoms. The Morgan fingerprint density at radius 3 is 2.60 bits per heavy atom. The summed E-state index contributed by atoms with van der Waals surface area (Å²) in [7, 11) is 0. The van der Waals surface area contributed by atoms with Crippen molar-refractivity contribution in [3.8, 4) is 0 Å². The fourth-order valence-corrected chi connectivity index (χ4v) is 2.00. The highest BCUT2D eigenvalue weighted by atomic mass is 35.5. The molecule has 0 aliphatic carbocycles. The second kappa shape index (κ2) is 4.11. The maximum absolute atomic E-state index is 11.0. The number of nitrogens with two attached hydrogens (primary N) is 1. The van der Waals surface area contributed by atoms with E-state index in [2.05, 4.69) is 4.90 Å². The Kier molecular flexibility index (Phi) is 2.82. The first-order chi connectivity index (χ1) is 7.16. The van der Waals surface area contributed by atoms with Crippen LogP contribution in [-0.2, 0) is 4.79 Å². The Hall–Kier alpha value is -1.22. The highest BCUT2D eigenvalue weighted by molar-refractivity contribution is 6.30. The first-order valence-electron chi connectivity index (χ1n) is 4.96. The minimum Gasteiger partial charge on any atom is -0.371 e. The van der Waals surface area contributed by atoms with Gasteiger partial charge in [0.25, 0.3) is 0 Å². The molecule has 1 fully saturated rings. The number of hydrogen-bond donors (Lipinski definition) is 1. The van der Waals surface area contributed by atoms with Gasteiger partial charge in [-0.1, -0.05) is 11.6 Å². The summed E-state index contributed by atoms with van der Waals surface area (Å²) < 4.78 is 0. The van der Waals surface area contributed by atoms with E-state index in [4.69, 9.17) is 17.3 Å². The minimum absolute atomic E-state index is 0.0133. The van der Waals surface area contributed by atoms with Gasteiger partial charge >= 0.3 is 0 Å². The molecule has 3 nitrogen and oxygen atoms in total. The molecule has 2 rings (SSSR count). The second-order valence-electron chi connectivity index (χ2n) is 3.81. The highest BCUT2D eigenvalue weighted by Gasteiger charge is 2.26. The van der Waals surface area contributed by atoms with Gasteiger partial charge < -0.3 is 10.6 Å². The van der Waals surface area contributed by atoms with Crippen LogP contribution in [0, 0.1) is 5.92 Å². The van der Waals surface area contributed by atoms with Crippen molar-refractivity contribution in [1.29, 1.82) is 0 Å². The molecule has 0 unspecified atom stereocenters. The van der Waals surface area contributed by atoms with Crippen molar-refractivity contribution < 1.29 is 4.79 Å². The molecule has 1 aliphatic rings. The molecule has 1 amide bonds. The van der Waals surface area contributed by atoms with Crippen molar-refractivity contribution >= 4 is 23.2 Å². The SMILES string of the molecule is NC(=O)[C@@H]1CCN(c2ccc(Cl)cc2)C1. The van der Waals surface area contributed by atoms with Crippen LogP contribution >= 0.6 is 11.6 Å². The van der Waals surface area contributed by atoms with E-state index in [1.807, 2.05) is 24.3 Å². The van der Waals surface area contributed by atoms with Crippen LogP contribution in [-0.4, -0.2) is 19.0 Å². The molecule has 1 aromatic rings. The third-order valence-corrected chi connectivity index (χ3v) is 3.03. The number of hydrogen-bond acceptors (Lipinski definition) is 2. The number of carbonyl (C=O) groups excluding carboxylic acids is 1. The largest absolute Gasteiger partial charge is 0.371 e. The topological polar surface area (TPSA) is 46.3 Å². The lowest BCUT2D eigenvalue weighted by Gasteiger charge is -2.17. The summed E-state index contributed by atoms with van der Waals surface area (Å²) in [5.41, 5.74) is 6.38. The van der Waals surface area contributed by atoms with Gasteiger partial charge in [-0.05, 0) is 30.7 Å². The summed E-state index contributed by atoms with van der Waals surface area (Å²) >= 11 is 5.80. The molecular formula is C11H13ClN2O. The van der Waals surface area contributed by atoms with Gasteiger partial charge in [0.1, 0.15) is 0 Å². The molecule has 0 radical (unpaired) electrons. The molecule has 1 aromatic carbocycles. The van der Waals surface area contributed by atoms with Gasteiger partial charge in [0.15, 0.2) is 0 Å². The van der Waals surface area contributed by atoms with Gasteiger partial charge in [-0.2, -0.15) is 0 Å². The normalized spacial score (nSPS) is 20.6. The maximum Gasteiger partial charge on any atom is 0.222 e. The maximum atomic E-state index is 11.0. The van der Waals surface area contributed by atoms with E-state index < -0.39 is 0 Å². The lowest BCUT2D eigenvalue weighted by Crippen LogP contribution is -2.27. The third-order valence-electron chi connectivity index (χ3n) is 2.78. The van der Waals surface area contributed by atoms with E-state index in [0.29, 0.717) is 0 Å². The van der Waals surface area contributed by atoms with Crippen LogP contribution in [0.1, 0.15) is 6.42 Å². The molecule has 1 atom stereocenters. The summed E-state index contributed by atoms with van der Waals surface area (Å²) in [4.78, 5) is 13.2. The zero-order chi connectivity index (χ0) is 10.8. The first-order valence-corrected chi connectivity index (χ1v) is 5.34. The zero-order valence-corrected chi connectivity index (χ0v) is 9.07. The lowest BCUT2D eigenvalue weighted by atomic mass is 10.1.